The van der Waals surface area contributed by atoms with Crippen LogP contribution in [0.4, 0.5) is 5.13 Å². The molecule has 5 N–H and O–H groups in total. The van der Waals surface area contributed by atoms with Gasteiger partial charge in [-0.15, -0.1) is 23.1 Å². The van der Waals surface area contributed by atoms with Gasteiger partial charge in [-0.2, -0.15) is 4.37 Å². The molecule has 2 atom stereocenters. The maximum Gasteiger partial charge on any atom is 0.352 e. The molecule has 1 fully saturated rings. The summed E-state index contributed by atoms with van der Waals surface area (Å²) in [6, 6.07) is 0.721. The molecule has 2 amide bonds. The van der Waals surface area contributed by atoms with E-state index >= 15 is 0 Å². The number of carboxylic acids is 1. The Balaban J connectivity index is 1.51. The van der Waals surface area contributed by atoms with Gasteiger partial charge in [0, 0.05) is 17.2 Å². The van der Waals surface area contributed by atoms with E-state index in [-0.39, 0.29) is 16.5 Å². The van der Waals surface area contributed by atoms with Crippen molar-refractivity contribution in [2.45, 2.75) is 11.4 Å². The lowest BCUT2D eigenvalue weighted by Gasteiger charge is -2.49. The fraction of sp³-hybridized carbons (Fsp3) is 0.222. The van der Waals surface area contributed by atoms with Gasteiger partial charge in [-0.05, 0) is 23.2 Å². The van der Waals surface area contributed by atoms with Gasteiger partial charge in [0.15, 0.2) is 10.8 Å². The van der Waals surface area contributed by atoms with Gasteiger partial charge >= 0.3 is 5.97 Å². The molecule has 2 aliphatic heterocycles. The number of ether oxygens (including phenoxy) is 1. The predicted molar refractivity (Wildman–Crippen MR) is 122 cm³/mol. The number of thiazole rings is 1. The van der Waals surface area contributed by atoms with Crippen molar-refractivity contribution >= 4 is 69.3 Å². The first kappa shape index (κ1) is 22.8. The number of anilines is 1. The monoisotopic (exact) mass is 508 g/mol. The maximum absolute atomic E-state index is 12.8. The quantitative estimate of drug-likeness (QED) is 0.181. The van der Waals surface area contributed by atoms with Crippen molar-refractivity contribution in [1.82, 2.24) is 19.6 Å². The number of aliphatic carboxylic acids is 1. The maximum atomic E-state index is 12.8. The number of oxime groups is 1. The van der Waals surface area contributed by atoms with Gasteiger partial charge in [0.25, 0.3) is 11.8 Å². The largest absolute Gasteiger partial charge is 0.480 e. The zero-order valence-electron chi connectivity index (χ0n) is 16.8. The van der Waals surface area contributed by atoms with Crippen LogP contribution in [0.2, 0.25) is 0 Å². The Morgan fingerprint density at radius 3 is 2.82 bits per heavy atom. The predicted octanol–water partition coefficient (Wildman–Crippen LogP) is 0.821. The van der Waals surface area contributed by atoms with Gasteiger partial charge in [-0.3, -0.25) is 14.5 Å². The Morgan fingerprint density at radius 1 is 1.42 bits per heavy atom. The van der Waals surface area contributed by atoms with E-state index in [0.717, 1.165) is 21.1 Å². The molecule has 0 aromatic carbocycles. The van der Waals surface area contributed by atoms with Gasteiger partial charge in [0.05, 0.1) is 12.0 Å². The van der Waals surface area contributed by atoms with Crippen molar-refractivity contribution in [3.8, 4) is 5.88 Å². The van der Waals surface area contributed by atoms with E-state index in [0.29, 0.717) is 17.2 Å². The molecule has 15 heteroatoms. The molecule has 0 aliphatic carbocycles. The number of nitrogens with two attached hydrogens (primary N) is 1. The van der Waals surface area contributed by atoms with E-state index in [1.54, 1.807) is 18.2 Å². The lowest BCUT2D eigenvalue weighted by atomic mass is 10.0. The molecule has 12 nitrogen and oxygen atoms in total. The molecule has 0 bridgehead atoms. The minimum atomic E-state index is -1.25. The van der Waals surface area contributed by atoms with Crippen LogP contribution in [0.1, 0.15) is 10.6 Å². The molecule has 2 aliphatic rings. The van der Waals surface area contributed by atoms with Crippen LogP contribution in [0.5, 0.6) is 5.88 Å². The number of β-lactam (4-membered cyclic amide) rings is 1. The summed E-state index contributed by atoms with van der Waals surface area (Å²) in [6.07, 6.45) is 3.33. The molecule has 4 rings (SSSR count). The van der Waals surface area contributed by atoms with Crippen LogP contribution < -0.4 is 15.8 Å². The van der Waals surface area contributed by atoms with E-state index in [4.69, 9.17) is 10.5 Å². The van der Waals surface area contributed by atoms with Crippen LogP contribution in [-0.4, -0.2) is 72.3 Å². The van der Waals surface area contributed by atoms with Crippen molar-refractivity contribution in [3.05, 3.63) is 39.4 Å². The zero-order chi connectivity index (χ0) is 23.7. The number of aromatic nitrogens is 2. The summed E-state index contributed by atoms with van der Waals surface area (Å²) in [5.41, 5.74) is 5.52. The number of carbonyl (C=O) groups excluding carboxylic acids is 2. The van der Waals surface area contributed by atoms with Gasteiger partial charge in [0.2, 0.25) is 5.88 Å². The number of allylic oxidation sites excluding steroid dienone is 1. The fourth-order valence-corrected chi connectivity index (χ4v) is 5.69. The van der Waals surface area contributed by atoms with E-state index in [1.165, 1.54) is 35.8 Å². The first-order valence-electron chi connectivity index (χ1n) is 9.18. The molecule has 172 valence electrons. The number of nitrogens with zero attached hydrogens (tertiary/aromatic N) is 4. The summed E-state index contributed by atoms with van der Waals surface area (Å²) in [4.78, 5) is 43.1. The summed E-state index contributed by atoms with van der Waals surface area (Å²) < 4.78 is 9.10. The van der Waals surface area contributed by atoms with Gasteiger partial charge in [-0.25, -0.2) is 9.78 Å². The van der Waals surface area contributed by atoms with Crippen LogP contribution in [-0.2, 0) is 14.4 Å². The zero-order valence-corrected chi connectivity index (χ0v) is 19.2. The van der Waals surface area contributed by atoms with Gasteiger partial charge < -0.3 is 26.1 Å². The number of hydrogen-bond acceptors (Lipinski definition) is 12. The molecule has 0 spiro atoms. The minimum absolute atomic E-state index is 0.0654. The summed E-state index contributed by atoms with van der Waals surface area (Å²) in [5, 5.41) is 25.4. The molecule has 33 heavy (non-hydrogen) atoms. The molecule has 1 saturated heterocycles. The Hall–Kier alpha value is -3.43. The molecule has 2 aromatic heterocycles. The van der Waals surface area contributed by atoms with Crippen LogP contribution in [0.15, 0.2) is 33.9 Å². The summed E-state index contributed by atoms with van der Waals surface area (Å²) >= 11 is 3.55. The number of carboxylic acid groups (broad SMARTS) is 1. The number of nitrogen functional groups attached to an aromatic ring is 1. The van der Waals surface area contributed by atoms with Gasteiger partial charge in [-0.1, -0.05) is 11.2 Å². The second-order valence-electron chi connectivity index (χ2n) is 6.66. The topological polar surface area (TPSA) is 180 Å². The number of hydrogen-bond donors (Lipinski definition) is 4. The van der Waals surface area contributed by atoms with Crippen molar-refractivity contribution < 1.29 is 29.4 Å². The van der Waals surface area contributed by atoms with Gasteiger partial charge in [0.1, 0.15) is 22.8 Å². The highest BCUT2D eigenvalue weighted by atomic mass is 32.2. The third-order valence-corrected chi connectivity index (χ3v) is 7.44. The standard InChI is InChI=1S/C18H16N6O6S3/c1-30-10-4-8(33-23-10)3-2-7-5-31-16-12(15(26)24(16)13(7)17(27)28)21-14(25)11(22-29)9-6-32-18(19)20-9/h2-4,6,12,16,29H,5H2,1H3,(H2,19,20)(H,21,25)(H,27,28)/b3-2-,22-11-/t12-,16-/m1/s1. The molecular weight excluding hydrogens is 492 g/mol. The average Bonchev–Trinajstić information content (AvgIpc) is 3.44. The Kier molecular flexibility index (Phi) is 6.35. The highest BCUT2D eigenvalue weighted by molar-refractivity contribution is 8.00. The van der Waals surface area contributed by atoms with E-state index in [1.807, 2.05) is 0 Å². The van der Waals surface area contributed by atoms with E-state index in [2.05, 4.69) is 19.8 Å². The number of carbonyl (C=O) groups is 3. The fourth-order valence-electron chi connectivity index (χ4n) is 3.22. The number of fused-ring (bicyclic) bond motifs is 1. The van der Waals surface area contributed by atoms with Crippen molar-refractivity contribution in [2.24, 2.45) is 5.16 Å². The van der Waals surface area contributed by atoms with Crippen molar-refractivity contribution in [2.75, 3.05) is 18.6 Å². The number of nitrogens with one attached hydrogen (secondary N) is 1. The Morgan fingerprint density at radius 2 is 2.21 bits per heavy atom. The third-order valence-electron chi connectivity index (χ3n) is 4.73. The van der Waals surface area contributed by atoms with E-state index in [9.17, 15) is 24.7 Å². The molecule has 4 heterocycles. The molecule has 0 saturated carbocycles. The average molecular weight is 509 g/mol. The lowest BCUT2D eigenvalue weighted by molar-refractivity contribution is -0.150. The number of rotatable bonds is 7. The molecule has 0 unspecified atom stereocenters. The Bertz CT molecular complexity index is 1220. The first-order valence-corrected chi connectivity index (χ1v) is 11.9. The van der Waals surface area contributed by atoms with E-state index < -0.39 is 34.9 Å². The highest BCUT2D eigenvalue weighted by Gasteiger charge is 2.54. The smallest absolute Gasteiger partial charge is 0.352 e. The van der Waals surface area contributed by atoms with Crippen LogP contribution in [0.25, 0.3) is 6.08 Å². The molecule has 0 radical (unpaired) electrons. The van der Waals surface area contributed by atoms with Crippen molar-refractivity contribution in [3.63, 3.8) is 0 Å². The van der Waals surface area contributed by atoms with Crippen LogP contribution in [0, 0.1) is 0 Å². The molecular formula is C18H16N6O6S3. The third kappa shape index (κ3) is 4.29. The lowest BCUT2D eigenvalue weighted by Crippen LogP contribution is -2.71. The Labute approximate surface area is 198 Å². The molecule has 2 aromatic rings. The minimum Gasteiger partial charge on any atom is -0.480 e. The summed E-state index contributed by atoms with van der Waals surface area (Å²) in [6.45, 7) is 0. The second kappa shape index (κ2) is 9.21. The number of thioether (sulfide) groups is 1. The summed E-state index contributed by atoms with van der Waals surface area (Å²) in [5.74, 6) is -1.91. The number of methoxy groups -OCH3 is 1. The SMILES string of the molecule is COc1cc(/C=C\C2=C(C(=O)O)N3C(=O)[C@@H](NC(=O)/C(=N\O)c4csc(N)n4)[C@H]3SC2)sn1. The highest BCUT2D eigenvalue weighted by Crippen LogP contribution is 2.41. The van der Waals surface area contributed by atoms with Crippen LogP contribution in [0.3, 0.4) is 0 Å². The normalized spacial score (nSPS) is 20.6. The van der Waals surface area contributed by atoms with Crippen molar-refractivity contribution in [1.29, 1.82) is 0 Å². The summed E-state index contributed by atoms with van der Waals surface area (Å²) in [7, 11) is 1.50. The van der Waals surface area contributed by atoms with Crippen LogP contribution >= 0.6 is 34.6 Å². The number of amides is 2. The first-order chi connectivity index (χ1) is 15.8. The second-order valence-corrected chi connectivity index (χ2v) is 9.50.